The number of ether oxygens (including phenoxy) is 5. The Morgan fingerprint density at radius 1 is 1.39 bits per heavy atom. The monoisotopic (exact) mass is 389 g/mol. The van der Waals surface area contributed by atoms with Crippen LogP contribution in [0.25, 0.3) is 10.4 Å². The average molecular weight is 389 g/mol. The second kappa shape index (κ2) is 8.26. The minimum atomic E-state index is -0.469. The minimum Gasteiger partial charge on any atom is -0.485 e. The van der Waals surface area contributed by atoms with Crippen LogP contribution in [0.15, 0.2) is 23.3 Å². The smallest absolute Gasteiger partial charge is 0.343 e. The van der Waals surface area contributed by atoms with E-state index in [4.69, 9.17) is 24.5 Å². The summed E-state index contributed by atoms with van der Waals surface area (Å²) in [5, 5.41) is 4.03. The summed E-state index contributed by atoms with van der Waals surface area (Å²) in [7, 11) is 1.31. The van der Waals surface area contributed by atoms with Crippen molar-refractivity contribution in [3.63, 3.8) is 0 Å². The number of nitrogens with zero attached hydrogens (tertiary/aromatic N) is 3. The van der Waals surface area contributed by atoms with Gasteiger partial charge in [-0.2, -0.15) is 0 Å². The highest BCUT2D eigenvalue weighted by atomic mass is 16.7. The van der Waals surface area contributed by atoms with E-state index in [0.717, 1.165) is 24.8 Å². The predicted octanol–water partition coefficient (Wildman–Crippen LogP) is 3.08. The second-order valence-corrected chi connectivity index (χ2v) is 7.12. The molecule has 5 unspecified atom stereocenters. The molecule has 1 saturated carbocycles. The highest BCUT2D eigenvalue weighted by Gasteiger charge is 2.51. The van der Waals surface area contributed by atoms with Crippen molar-refractivity contribution in [3.05, 3.63) is 34.2 Å². The van der Waals surface area contributed by atoms with Crippen molar-refractivity contribution in [2.75, 3.05) is 20.3 Å². The van der Waals surface area contributed by atoms with Gasteiger partial charge in [0.05, 0.1) is 19.3 Å². The van der Waals surface area contributed by atoms with Crippen LogP contribution in [0, 0.1) is 0 Å². The summed E-state index contributed by atoms with van der Waals surface area (Å²) < 4.78 is 28.1. The molecule has 0 radical (unpaired) electrons. The topological polar surface area (TPSA) is 112 Å². The Balaban J connectivity index is 1.54. The Morgan fingerprint density at radius 2 is 2.29 bits per heavy atom. The zero-order chi connectivity index (χ0) is 19.5. The maximum absolute atomic E-state index is 11.4. The molecule has 2 aliphatic heterocycles. The van der Waals surface area contributed by atoms with Gasteiger partial charge in [0.15, 0.2) is 24.4 Å². The van der Waals surface area contributed by atoms with Crippen molar-refractivity contribution in [2.45, 2.75) is 56.1 Å². The number of rotatable bonds is 6. The van der Waals surface area contributed by atoms with Gasteiger partial charge in [0, 0.05) is 29.4 Å². The second-order valence-electron chi connectivity index (χ2n) is 7.12. The molecule has 0 aromatic heterocycles. The molecule has 0 amide bonds. The van der Waals surface area contributed by atoms with E-state index in [2.05, 4.69) is 14.8 Å². The number of fused-ring (bicyclic) bond motifs is 3. The van der Waals surface area contributed by atoms with Gasteiger partial charge < -0.3 is 23.7 Å². The van der Waals surface area contributed by atoms with Gasteiger partial charge in [0.1, 0.15) is 6.10 Å². The molecule has 4 rings (SSSR count). The molecule has 0 bridgehead atoms. The summed E-state index contributed by atoms with van der Waals surface area (Å²) in [5.74, 6) is 0.474. The van der Waals surface area contributed by atoms with Crippen molar-refractivity contribution >= 4 is 5.97 Å². The van der Waals surface area contributed by atoms with Gasteiger partial charge in [0.2, 0.25) is 0 Å². The van der Waals surface area contributed by atoms with Crippen LogP contribution in [0.5, 0.6) is 11.5 Å². The van der Waals surface area contributed by atoms with E-state index in [1.165, 1.54) is 7.11 Å². The molecule has 2 heterocycles. The fraction of sp³-hybridized carbons (Fsp3) is 0.632. The van der Waals surface area contributed by atoms with E-state index in [-0.39, 0.29) is 31.0 Å². The largest absolute Gasteiger partial charge is 0.485 e. The maximum Gasteiger partial charge on any atom is 0.343 e. The number of carbonyl (C=O) groups is 1. The van der Waals surface area contributed by atoms with Crippen LogP contribution in [-0.4, -0.2) is 50.8 Å². The molecule has 1 aromatic carbocycles. The van der Waals surface area contributed by atoms with Crippen LogP contribution in [0.4, 0.5) is 0 Å². The normalized spacial score (nSPS) is 30.5. The highest BCUT2D eigenvalue weighted by molar-refractivity contribution is 5.71. The number of azide groups is 1. The Labute approximate surface area is 162 Å². The van der Waals surface area contributed by atoms with Gasteiger partial charge in [-0.15, -0.1) is 0 Å². The fourth-order valence-corrected chi connectivity index (χ4v) is 4.21. The lowest BCUT2D eigenvalue weighted by Gasteiger charge is -2.28. The van der Waals surface area contributed by atoms with Crippen LogP contribution in [0.2, 0.25) is 0 Å². The summed E-state index contributed by atoms with van der Waals surface area (Å²) in [6, 6.07) is 5.13. The lowest BCUT2D eigenvalue weighted by Crippen LogP contribution is -2.32. The van der Waals surface area contributed by atoms with Gasteiger partial charge >= 0.3 is 5.97 Å². The van der Waals surface area contributed by atoms with E-state index < -0.39 is 12.0 Å². The standard InChI is InChI=1S/C19H23N3O6/c1-24-15(23)10-26-12-6-4-5-11-17-13(28-19(11)12)9-14(18(17)21-22-20)27-16-7-2-3-8-25-16/h4-6,13-14,16-18H,2-3,7-10H2,1H3. The molecular weight excluding hydrogens is 366 g/mol. The van der Waals surface area contributed by atoms with Crippen LogP contribution >= 0.6 is 0 Å². The summed E-state index contributed by atoms with van der Waals surface area (Å²) >= 11 is 0. The van der Waals surface area contributed by atoms with Gasteiger partial charge in [-0.1, -0.05) is 17.2 Å². The zero-order valence-electron chi connectivity index (χ0n) is 15.7. The van der Waals surface area contributed by atoms with E-state index in [1.54, 1.807) is 6.07 Å². The van der Waals surface area contributed by atoms with Crippen molar-refractivity contribution < 1.29 is 28.5 Å². The van der Waals surface area contributed by atoms with Crippen molar-refractivity contribution in [3.8, 4) is 11.5 Å². The van der Waals surface area contributed by atoms with Crippen LogP contribution < -0.4 is 9.47 Å². The quantitative estimate of drug-likeness (QED) is 0.320. The van der Waals surface area contributed by atoms with Crippen molar-refractivity contribution in [1.82, 2.24) is 0 Å². The first-order valence-corrected chi connectivity index (χ1v) is 9.51. The molecular formula is C19H23N3O6. The molecule has 3 aliphatic rings. The first-order valence-electron chi connectivity index (χ1n) is 9.51. The van der Waals surface area contributed by atoms with Crippen LogP contribution in [0.3, 0.4) is 0 Å². The molecule has 1 aliphatic carbocycles. The number of methoxy groups -OCH3 is 1. The van der Waals surface area contributed by atoms with Gasteiger partial charge in [-0.25, -0.2) is 4.79 Å². The molecule has 0 spiro atoms. The van der Waals surface area contributed by atoms with Gasteiger partial charge in [-0.3, -0.25) is 0 Å². The number of benzene rings is 1. The van der Waals surface area contributed by atoms with Crippen LogP contribution in [-0.2, 0) is 19.0 Å². The Bertz CT molecular complexity index is 775. The van der Waals surface area contributed by atoms with Crippen LogP contribution in [0.1, 0.15) is 37.2 Å². The summed E-state index contributed by atoms with van der Waals surface area (Å²) in [6.45, 7) is 0.493. The third-order valence-electron chi connectivity index (χ3n) is 5.47. The van der Waals surface area contributed by atoms with E-state index in [0.29, 0.717) is 24.5 Å². The van der Waals surface area contributed by atoms with Crippen molar-refractivity contribution in [1.29, 1.82) is 0 Å². The average Bonchev–Trinajstić information content (AvgIpc) is 3.24. The van der Waals surface area contributed by atoms with Gasteiger partial charge in [-0.05, 0) is 30.9 Å². The first kappa shape index (κ1) is 18.9. The SMILES string of the molecule is COC(=O)COc1cccc2c1OC1CC(OC3CCCCO3)C(N=[N+]=[N-])C21. The molecule has 150 valence electrons. The molecule has 1 aromatic rings. The molecule has 1 saturated heterocycles. The molecule has 9 nitrogen and oxygen atoms in total. The first-order chi connectivity index (χ1) is 13.7. The fourth-order valence-electron chi connectivity index (χ4n) is 4.21. The maximum atomic E-state index is 11.4. The summed E-state index contributed by atoms with van der Waals surface area (Å²) in [5.41, 5.74) is 10.0. The van der Waals surface area contributed by atoms with Crippen molar-refractivity contribution in [2.24, 2.45) is 5.11 Å². The lowest BCUT2D eigenvalue weighted by molar-refractivity contribution is -0.189. The lowest BCUT2D eigenvalue weighted by atomic mass is 9.94. The number of hydrogen-bond donors (Lipinski definition) is 0. The minimum absolute atomic E-state index is 0.124. The summed E-state index contributed by atoms with van der Waals surface area (Å²) in [6.07, 6.45) is 2.85. The number of hydrogen-bond acceptors (Lipinski definition) is 7. The highest BCUT2D eigenvalue weighted by Crippen LogP contribution is 2.52. The number of esters is 1. The predicted molar refractivity (Wildman–Crippen MR) is 97.1 cm³/mol. The summed E-state index contributed by atoms with van der Waals surface area (Å²) in [4.78, 5) is 14.4. The molecule has 5 atom stereocenters. The third kappa shape index (κ3) is 3.61. The van der Waals surface area contributed by atoms with E-state index in [1.807, 2.05) is 12.1 Å². The Kier molecular flexibility index (Phi) is 5.57. The zero-order valence-corrected chi connectivity index (χ0v) is 15.7. The third-order valence-corrected chi connectivity index (χ3v) is 5.47. The Morgan fingerprint density at radius 3 is 3.04 bits per heavy atom. The van der Waals surface area contributed by atoms with E-state index >= 15 is 0 Å². The van der Waals surface area contributed by atoms with E-state index in [9.17, 15) is 4.79 Å². The van der Waals surface area contributed by atoms with Gasteiger partial charge in [0.25, 0.3) is 0 Å². The molecule has 2 fully saturated rings. The molecule has 28 heavy (non-hydrogen) atoms. The Hall–Kier alpha value is -2.48. The number of para-hydroxylation sites is 1. The molecule has 9 heteroatoms. The number of carbonyl (C=O) groups excluding carboxylic acids is 1. The molecule has 0 N–H and O–H groups in total.